The van der Waals surface area contributed by atoms with Crippen molar-refractivity contribution in [2.45, 2.75) is 52.5 Å². The second-order valence-electron chi connectivity index (χ2n) is 6.85. The molecular weight excluding hydrogens is 370 g/mol. The SMILES string of the molecule is CCCN(CCC)C(=O)CCCC(=O)NCc1nc(-c2ccc(OC)cc2)n[nH]1. The number of nitrogens with zero attached hydrogens (tertiary/aromatic N) is 3. The maximum atomic E-state index is 12.2. The Morgan fingerprint density at radius 3 is 2.41 bits per heavy atom. The summed E-state index contributed by atoms with van der Waals surface area (Å²) in [5, 5.41) is 9.84. The largest absolute Gasteiger partial charge is 0.497 e. The standard InChI is InChI=1S/C21H31N5O3/c1-4-13-26(14-5-2)20(28)8-6-7-19(27)22-15-18-23-21(25-24-18)16-9-11-17(29-3)12-10-16/h9-12H,4-8,13-15H2,1-3H3,(H,22,27)(H,23,24,25). The zero-order chi connectivity index (χ0) is 21.1. The van der Waals surface area contributed by atoms with Crippen molar-refractivity contribution in [2.24, 2.45) is 0 Å². The van der Waals surface area contributed by atoms with Crippen LogP contribution in [0, 0.1) is 0 Å². The molecule has 0 fully saturated rings. The van der Waals surface area contributed by atoms with Crippen LogP contribution in [-0.2, 0) is 16.1 Å². The lowest BCUT2D eigenvalue weighted by atomic mass is 10.2. The summed E-state index contributed by atoms with van der Waals surface area (Å²) in [5.41, 5.74) is 0.863. The predicted molar refractivity (Wildman–Crippen MR) is 111 cm³/mol. The molecule has 2 rings (SSSR count). The molecule has 2 amide bonds. The van der Waals surface area contributed by atoms with Gasteiger partial charge in [0.05, 0.1) is 13.7 Å². The zero-order valence-electron chi connectivity index (χ0n) is 17.5. The molecule has 1 aromatic carbocycles. The van der Waals surface area contributed by atoms with Crippen LogP contribution in [0.5, 0.6) is 5.75 Å². The van der Waals surface area contributed by atoms with Gasteiger partial charge in [0, 0.05) is 31.5 Å². The second-order valence-corrected chi connectivity index (χ2v) is 6.85. The maximum Gasteiger partial charge on any atom is 0.222 e. The molecule has 0 atom stereocenters. The van der Waals surface area contributed by atoms with Crippen LogP contribution < -0.4 is 10.1 Å². The fraction of sp³-hybridized carbons (Fsp3) is 0.524. The molecule has 0 saturated heterocycles. The number of benzene rings is 1. The van der Waals surface area contributed by atoms with Crippen molar-refractivity contribution in [3.63, 3.8) is 0 Å². The van der Waals surface area contributed by atoms with Gasteiger partial charge in [0.2, 0.25) is 11.8 Å². The molecular formula is C21H31N5O3. The van der Waals surface area contributed by atoms with E-state index in [9.17, 15) is 9.59 Å². The first-order valence-electron chi connectivity index (χ1n) is 10.2. The number of nitrogens with one attached hydrogen (secondary N) is 2. The third-order valence-electron chi connectivity index (χ3n) is 4.47. The van der Waals surface area contributed by atoms with E-state index in [1.807, 2.05) is 29.2 Å². The third kappa shape index (κ3) is 7.21. The Kier molecular flexibility index (Phi) is 9.14. The molecule has 0 radical (unpaired) electrons. The van der Waals surface area contributed by atoms with E-state index in [-0.39, 0.29) is 18.4 Å². The summed E-state index contributed by atoms with van der Waals surface area (Å²) in [4.78, 5) is 30.6. The molecule has 0 unspecified atom stereocenters. The molecule has 2 N–H and O–H groups in total. The number of hydrogen-bond acceptors (Lipinski definition) is 5. The normalized spacial score (nSPS) is 10.6. The quantitative estimate of drug-likeness (QED) is 0.570. The van der Waals surface area contributed by atoms with Gasteiger partial charge in [0.25, 0.3) is 0 Å². The number of carbonyl (C=O) groups is 2. The lowest BCUT2D eigenvalue weighted by Gasteiger charge is -2.21. The highest BCUT2D eigenvalue weighted by Gasteiger charge is 2.13. The molecule has 0 aliphatic rings. The molecule has 0 bridgehead atoms. The first kappa shape index (κ1) is 22.4. The average Bonchev–Trinajstić information content (AvgIpc) is 3.21. The van der Waals surface area contributed by atoms with Gasteiger partial charge in [-0.05, 0) is 43.5 Å². The topological polar surface area (TPSA) is 100 Å². The Bertz CT molecular complexity index is 767. The van der Waals surface area contributed by atoms with Gasteiger partial charge in [-0.3, -0.25) is 14.7 Å². The summed E-state index contributed by atoms with van der Waals surface area (Å²) in [5.74, 6) is 1.94. The van der Waals surface area contributed by atoms with Crippen molar-refractivity contribution in [3.05, 3.63) is 30.1 Å². The van der Waals surface area contributed by atoms with Crippen LogP contribution in [0.25, 0.3) is 11.4 Å². The first-order chi connectivity index (χ1) is 14.1. The number of H-pyrrole nitrogens is 1. The maximum absolute atomic E-state index is 12.2. The van der Waals surface area contributed by atoms with Gasteiger partial charge >= 0.3 is 0 Å². The zero-order valence-corrected chi connectivity index (χ0v) is 17.5. The molecule has 1 heterocycles. The van der Waals surface area contributed by atoms with Crippen molar-refractivity contribution < 1.29 is 14.3 Å². The van der Waals surface area contributed by atoms with Crippen LogP contribution in [0.15, 0.2) is 24.3 Å². The Hall–Kier alpha value is -2.90. The minimum absolute atomic E-state index is 0.0993. The lowest BCUT2D eigenvalue weighted by Crippen LogP contribution is -2.32. The number of carbonyl (C=O) groups excluding carboxylic acids is 2. The molecule has 0 aliphatic carbocycles. The predicted octanol–water partition coefficient (Wildman–Crippen LogP) is 2.92. The Balaban J connectivity index is 1.74. The minimum atomic E-state index is -0.0993. The fourth-order valence-electron chi connectivity index (χ4n) is 2.97. The summed E-state index contributed by atoms with van der Waals surface area (Å²) >= 11 is 0. The summed E-state index contributed by atoms with van der Waals surface area (Å²) in [7, 11) is 1.62. The number of aromatic nitrogens is 3. The molecule has 0 spiro atoms. The van der Waals surface area contributed by atoms with E-state index in [2.05, 4.69) is 34.3 Å². The van der Waals surface area contributed by atoms with Gasteiger partial charge in [-0.15, -0.1) is 0 Å². The highest BCUT2D eigenvalue weighted by molar-refractivity contribution is 5.78. The van der Waals surface area contributed by atoms with Crippen molar-refractivity contribution in [1.29, 1.82) is 0 Å². The second kappa shape index (κ2) is 11.8. The summed E-state index contributed by atoms with van der Waals surface area (Å²) in [6.45, 7) is 5.95. The van der Waals surface area contributed by atoms with Crippen molar-refractivity contribution >= 4 is 11.8 Å². The molecule has 8 heteroatoms. The summed E-state index contributed by atoms with van der Waals surface area (Å²) in [6, 6.07) is 7.44. The smallest absolute Gasteiger partial charge is 0.222 e. The molecule has 1 aromatic heterocycles. The van der Waals surface area contributed by atoms with E-state index in [1.165, 1.54) is 0 Å². The van der Waals surface area contributed by atoms with Crippen LogP contribution in [0.1, 0.15) is 51.8 Å². The monoisotopic (exact) mass is 401 g/mol. The Morgan fingerprint density at radius 1 is 1.10 bits per heavy atom. The molecule has 29 heavy (non-hydrogen) atoms. The van der Waals surface area contributed by atoms with Gasteiger partial charge in [-0.1, -0.05) is 13.8 Å². The number of methoxy groups -OCH3 is 1. The molecule has 2 aromatic rings. The summed E-state index contributed by atoms with van der Waals surface area (Å²) < 4.78 is 5.14. The number of amides is 2. The molecule has 0 aliphatic heterocycles. The van der Waals surface area contributed by atoms with E-state index in [4.69, 9.17) is 4.74 Å². The Labute approximate surface area is 172 Å². The van der Waals surface area contributed by atoms with Crippen LogP contribution >= 0.6 is 0 Å². The molecule has 158 valence electrons. The molecule has 8 nitrogen and oxygen atoms in total. The van der Waals surface area contributed by atoms with E-state index in [1.54, 1.807) is 7.11 Å². The number of hydrogen-bond donors (Lipinski definition) is 2. The third-order valence-corrected chi connectivity index (χ3v) is 4.47. The first-order valence-corrected chi connectivity index (χ1v) is 10.2. The van der Waals surface area contributed by atoms with Gasteiger partial charge < -0.3 is 15.0 Å². The minimum Gasteiger partial charge on any atom is -0.497 e. The van der Waals surface area contributed by atoms with Crippen molar-refractivity contribution in [3.8, 4) is 17.1 Å². The van der Waals surface area contributed by atoms with Gasteiger partial charge in [0.1, 0.15) is 11.6 Å². The molecule has 0 saturated carbocycles. The van der Waals surface area contributed by atoms with Crippen LogP contribution in [0.3, 0.4) is 0 Å². The fourth-order valence-corrected chi connectivity index (χ4v) is 2.97. The number of rotatable bonds is 12. The van der Waals surface area contributed by atoms with E-state index < -0.39 is 0 Å². The van der Waals surface area contributed by atoms with Gasteiger partial charge in [-0.2, -0.15) is 5.10 Å². The highest BCUT2D eigenvalue weighted by atomic mass is 16.5. The summed E-state index contributed by atoms with van der Waals surface area (Å²) in [6.07, 6.45) is 3.15. The van der Waals surface area contributed by atoms with E-state index in [0.29, 0.717) is 30.9 Å². The Morgan fingerprint density at radius 2 is 1.79 bits per heavy atom. The van der Waals surface area contributed by atoms with Crippen molar-refractivity contribution in [1.82, 2.24) is 25.4 Å². The van der Waals surface area contributed by atoms with Gasteiger partial charge in [0.15, 0.2) is 5.82 Å². The number of ether oxygens (including phenoxy) is 1. The van der Waals surface area contributed by atoms with Gasteiger partial charge in [-0.25, -0.2) is 4.98 Å². The van der Waals surface area contributed by atoms with E-state index in [0.717, 1.165) is 37.2 Å². The van der Waals surface area contributed by atoms with Crippen LogP contribution in [0.4, 0.5) is 0 Å². The number of aromatic amines is 1. The average molecular weight is 402 g/mol. The van der Waals surface area contributed by atoms with E-state index >= 15 is 0 Å². The van der Waals surface area contributed by atoms with Crippen LogP contribution in [-0.4, -0.2) is 52.1 Å². The lowest BCUT2D eigenvalue weighted by molar-refractivity contribution is -0.131. The van der Waals surface area contributed by atoms with Crippen molar-refractivity contribution in [2.75, 3.05) is 20.2 Å². The van der Waals surface area contributed by atoms with Crippen LogP contribution in [0.2, 0.25) is 0 Å². The highest BCUT2D eigenvalue weighted by Crippen LogP contribution is 2.18.